The van der Waals surface area contributed by atoms with Gasteiger partial charge in [0.25, 0.3) is 12.3 Å². The van der Waals surface area contributed by atoms with Crippen molar-refractivity contribution < 1.29 is 18.0 Å². The minimum atomic E-state index is -2.58. The number of aromatic nitrogens is 1. The van der Waals surface area contributed by atoms with E-state index in [2.05, 4.69) is 4.98 Å². The van der Waals surface area contributed by atoms with Gasteiger partial charge in [-0.1, -0.05) is 19.1 Å². The summed E-state index contributed by atoms with van der Waals surface area (Å²) in [5.74, 6) is -0.262. The van der Waals surface area contributed by atoms with E-state index in [-0.39, 0.29) is 12.4 Å². The summed E-state index contributed by atoms with van der Waals surface area (Å²) in [7, 11) is 0. The van der Waals surface area contributed by atoms with Crippen LogP contribution in [0, 0.1) is 5.82 Å². The summed E-state index contributed by atoms with van der Waals surface area (Å²) >= 11 is 1.32. The number of benzene rings is 1. The minimum absolute atomic E-state index is 0.264. The summed E-state index contributed by atoms with van der Waals surface area (Å²) in [6, 6.07) is 9.26. The van der Waals surface area contributed by atoms with Gasteiger partial charge in [0.2, 0.25) is 0 Å². The van der Waals surface area contributed by atoms with Crippen LogP contribution in [-0.2, 0) is 5.75 Å². The molecule has 7 heteroatoms. The van der Waals surface area contributed by atoms with Crippen molar-refractivity contribution in [2.45, 2.75) is 30.5 Å². The molecular weight excluding hydrogens is 349 g/mol. The lowest BCUT2D eigenvalue weighted by molar-refractivity contribution is 0.0551. The molecule has 0 radical (unpaired) electrons. The molecule has 2 aromatic rings. The summed E-state index contributed by atoms with van der Waals surface area (Å²) in [6.07, 6.45) is -0.430. The molecule has 134 valence electrons. The van der Waals surface area contributed by atoms with Crippen LogP contribution in [0.5, 0.6) is 0 Å². The number of hydrogen-bond acceptors (Lipinski definition) is 3. The highest BCUT2D eigenvalue weighted by Crippen LogP contribution is 2.25. The Morgan fingerprint density at radius 3 is 2.60 bits per heavy atom. The lowest BCUT2D eigenvalue weighted by atomic mass is 10.2. The van der Waals surface area contributed by atoms with Crippen molar-refractivity contribution in [3.05, 3.63) is 59.5 Å². The van der Waals surface area contributed by atoms with Gasteiger partial charge in [0, 0.05) is 18.5 Å². The zero-order valence-corrected chi connectivity index (χ0v) is 14.6. The molecule has 0 bridgehead atoms. The van der Waals surface area contributed by atoms with Crippen molar-refractivity contribution >= 4 is 17.7 Å². The van der Waals surface area contributed by atoms with E-state index in [0.717, 1.165) is 10.5 Å². The molecule has 0 N–H and O–H groups in total. The number of hydrogen-bond donors (Lipinski definition) is 0. The predicted molar refractivity (Wildman–Crippen MR) is 92.4 cm³/mol. The van der Waals surface area contributed by atoms with Gasteiger partial charge >= 0.3 is 0 Å². The number of alkyl halides is 2. The van der Waals surface area contributed by atoms with Crippen LogP contribution in [0.4, 0.5) is 13.2 Å². The number of rotatable bonds is 8. The highest BCUT2D eigenvalue weighted by molar-refractivity contribution is 7.98. The summed E-state index contributed by atoms with van der Waals surface area (Å²) in [6.45, 7) is 1.50. The minimum Gasteiger partial charge on any atom is -0.333 e. The lowest BCUT2D eigenvalue weighted by Gasteiger charge is -2.22. The summed E-state index contributed by atoms with van der Waals surface area (Å²) in [5.41, 5.74) is 1.19. The molecule has 3 nitrogen and oxygen atoms in total. The van der Waals surface area contributed by atoms with Gasteiger partial charge in [-0.25, -0.2) is 18.2 Å². The maximum Gasteiger partial charge on any atom is 0.256 e. The Morgan fingerprint density at radius 1 is 1.24 bits per heavy atom. The molecule has 2 rings (SSSR count). The number of pyridine rings is 1. The zero-order chi connectivity index (χ0) is 18.2. The van der Waals surface area contributed by atoms with Crippen molar-refractivity contribution in [2.24, 2.45) is 0 Å². The first kappa shape index (κ1) is 19.3. The van der Waals surface area contributed by atoms with Crippen molar-refractivity contribution in [1.82, 2.24) is 9.88 Å². The zero-order valence-electron chi connectivity index (χ0n) is 13.8. The van der Waals surface area contributed by atoms with Gasteiger partial charge in [0.15, 0.2) is 0 Å². The van der Waals surface area contributed by atoms with E-state index in [1.54, 1.807) is 30.5 Å². The number of thioether (sulfide) groups is 1. The SMILES string of the molecule is CCCN(CC(F)F)C(=O)c1cccnc1SCc1ccc(F)cc1. The van der Waals surface area contributed by atoms with E-state index < -0.39 is 18.9 Å². The molecule has 1 heterocycles. The summed E-state index contributed by atoms with van der Waals surface area (Å²) < 4.78 is 38.4. The number of carbonyl (C=O) groups is 1. The fourth-order valence-corrected chi connectivity index (χ4v) is 3.23. The largest absolute Gasteiger partial charge is 0.333 e. The number of amides is 1. The van der Waals surface area contributed by atoms with Crippen LogP contribution >= 0.6 is 11.8 Å². The summed E-state index contributed by atoms with van der Waals surface area (Å²) in [4.78, 5) is 18.0. The van der Waals surface area contributed by atoms with Crippen LogP contribution in [0.3, 0.4) is 0 Å². The molecule has 1 aromatic carbocycles. The van der Waals surface area contributed by atoms with E-state index in [4.69, 9.17) is 0 Å². The van der Waals surface area contributed by atoms with Gasteiger partial charge in [0.05, 0.1) is 12.1 Å². The van der Waals surface area contributed by atoms with Gasteiger partial charge in [-0.3, -0.25) is 4.79 Å². The molecule has 0 unspecified atom stereocenters. The smallest absolute Gasteiger partial charge is 0.256 e. The monoisotopic (exact) mass is 368 g/mol. The Kier molecular flexibility index (Phi) is 7.31. The molecule has 1 aromatic heterocycles. The van der Waals surface area contributed by atoms with Crippen molar-refractivity contribution in [3.63, 3.8) is 0 Å². The van der Waals surface area contributed by atoms with Crippen LogP contribution < -0.4 is 0 Å². The second-order valence-corrected chi connectivity index (χ2v) is 6.38. The first-order valence-electron chi connectivity index (χ1n) is 7.91. The molecule has 0 fully saturated rings. The van der Waals surface area contributed by atoms with Gasteiger partial charge in [0.1, 0.15) is 10.8 Å². The van der Waals surface area contributed by atoms with Gasteiger partial charge in [-0.2, -0.15) is 0 Å². The van der Waals surface area contributed by atoms with Gasteiger partial charge in [-0.15, -0.1) is 11.8 Å². The molecule has 0 aliphatic carbocycles. The molecule has 0 saturated carbocycles. The Labute approximate surface area is 149 Å². The highest BCUT2D eigenvalue weighted by Gasteiger charge is 2.22. The number of carbonyl (C=O) groups excluding carboxylic acids is 1. The van der Waals surface area contributed by atoms with Crippen LogP contribution in [0.2, 0.25) is 0 Å². The molecule has 0 aliphatic heterocycles. The molecule has 0 saturated heterocycles. The van der Waals surface area contributed by atoms with E-state index in [0.29, 0.717) is 22.8 Å². The first-order chi connectivity index (χ1) is 12.0. The third kappa shape index (κ3) is 5.77. The van der Waals surface area contributed by atoms with E-state index in [1.807, 2.05) is 6.92 Å². The van der Waals surface area contributed by atoms with E-state index >= 15 is 0 Å². The second-order valence-electron chi connectivity index (χ2n) is 5.41. The second kappa shape index (κ2) is 9.46. The van der Waals surface area contributed by atoms with Crippen LogP contribution in [-0.4, -0.2) is 35.3 Å². The Hall–Kier alpha value is -2.02. The standard InChI is InChI=1S/C18H19F3N2OS/c1-2-10-23(11-16(20)21)18(24)15-4-3-9-22-17(15)25-12-13-5-7-14(19)8-6-13/h3-9,16H,2,10-12H2,1H3. The van der Waals surface area contributed by atoms with Crippen molar-refractivity contribution in [1.29, 1.82) is 0 Å². The number of nitrogens with zero attached hydrogens (tertiary/aromatic N) is 2. The third-order valence-electron chi connectivity index (χ3n) is 3.43. The lowest BCUT2D eigenvalue weighted by Crippen LogP contribution is -2.36. The van der Waals surface area contributed by atoms with Crippen LogP contribution in [0.15, 0.2) is 47.6 Å². The highest BCUT2D eigenvalue weighted by atomic mass is 32.2. The molecule has 0 atom stereocenters. The van der Waals surface area contributed by atoms with Crippen LogP contribution in [0.25, 0.3) is 0 Å². The molecule has 0 aliphatic rings. The van der Waals surface area contributed by atoms with Gasteiger partial charge in [-0.05, 0) is 36.2 Å². The molecule has 1 amide bonds. The Bertz CT molecular complexity index is 695. The van der Waals surface area contributed by atoms with Crippen molar-refractivity contribution in [2.75, 3.05) is 13.1 Å². The maximum absolute atomic E-state index is 13.0. The molecule has 0 spiro atoms. The van der Waals surface area contributed by atoms with E-state index in [1.165, 1.54) is 23.9 Å². The average molecular weight is 368 g/mol. The maximum atomic E-state index is 13.0. The summed E-state index contributed by atoms with van der Waals surface area (Å²) in [5, 5.41) is 0.479. The van der Waals surface area contributed by atoms with Crippen LogP contribution in [0.1, 0.15) is 29.3 Å². The number of halogens is 3. The Balaban J connectivity index is 2.15. The fraction of sp³-hybridized carbons (Fsp3) is 0.333. The molecule has 25 heavy (non-hydrogen) atoms. The topological polar surface area (TPSA) is 33.2 Å². The Morgan fingerprint density at radius 2 is 1.96 bits per heavy atom. The first-order valence-corrected chi connectivity index (χ1v) is 8.89. The van der Waals surface area contributed by atoms with E-state index in [9.17, 15) is 18.0 Å². The normalized spacial score (nSPS) is 10.9. The third-order valence-corrected chi connectivity index (χ3v) is 4.51. The fourth-order valence-electron chi connectivity index (χ4n) is 2.28. The predicted octanol–water partition coefficient (Wildman–Crippen LogP) is 4.63. The molecular formula is C18H19F3N2OS. The quantitative estimate of drug-likeness (QED) is 0.637. The van der Waals surface area contributed by atoms with Gasteiger partial charge < -0.3 is 4.90 Å². The van der Waals surface area contributed by atoms with Crippen molar-refractivity contribution in [3.8, 4) is 0 Å². The average Bonchev–Trinajstić information content (AvgIpc) is 2.60.